The Hall–Kier alpha value is -2.16. The predicted octanol–water partition coefficient (Wildman–Crippen LogP) is 2.91. The van der Waals surface area contributed by atoms with E-state index in [9.17, 15) is 18.0 Å². The number of nitrogens with one attached hydrogen (secondary N) is 2. The minimum atomic E-state index is -4.29. The number of halogens is 3. The quantitative estimate of drug-likeness (QED) is 0.875. The van der Waals surface area contributed by atoms with Crippen LogP contribution in [-0.4, -0.2) is 45.0 Å². The molecular formula is C15H18F3N5O. The number of carbonyl (C=O) groups is 1. The van der Waals surface area contributed by atoms with Gasteiger partial charge in [-0.1, -0.05) is 0 Å². The van der Waals surface area contributed by atoms with E-state index in [-0.39, 0.29) is 11.7 Å². The van der Waals surface area contributed by atoms with E-state index in [2.05, 4.69) is 20.4 Å². The topological polar surface area (TPSA) is 73.9 Å². The van der Waals surface area contributed by atoms with Crippen molar-refractivity contribution >= 4 is 22.6 Å². The van der Waals surface area contributed by atoms with Crippen LogP contribution < -0.4 is 5.43 Å². The molecule has 2 N–H and O–H groups in total. The van der Waals surface area contributed by atoms with Crippen LogP contribution in [0.4, 0.5) is 19.0 Å². The number of anilines is 1. The van der Waals surface area contributed by atoms with Crippen molar-refractivity contribution in [3.05, 3.63) is 18.6 Å². The molecule has 0 bridgehead atoms. The molecule has 2 aromatic rings. The van der Waals surface area contributed by atoms with Crippen LogP contribution >= 0.6 is 0 Å². The highest BCUT2D eigenvalue weighted by atomic mass is 19.4. The van der Waals surface area contributed by atoms with E-state index >= 15 is 0 Å². The van der Waals surface area contributed by atoms with Gasteiger partial charge in [-0.25, -0.2) is 15.0 Å². The summed E-state index contributed by atoms with van der Waals surface area (Å²) in [6.45, 7) is 1.09. The third-order valence-corrected chi connectivity index (χ3v) is 4.15. The number of aromatic nitrogens is 3. The Labute approximate surface area is 136 Å². The maximum absolute atomic E-state index is 12.3. The van der Waals surface area contributed by atoms with Gasteiger partial charge in [-0.3, -0.25) is 4.79 Å². The molecule has 2 aromatic heterocycles. The molecule has 3 heterocycles. The number of hydrogen-bond acceptors (Lipinski definition) is 5. The molecule has 3 rings (SSSR count). The summed E-state index contributed by atoms with van der Waals surface area (Å²) in [5.41, 5.74) is 3.85. The Morgan fingerprint density at radius 3 is 3.04 bits per heavy atom. The highest BCUT2D eigenvalue weighted by Gasteiger charge is 2.31. The highest BCUT2D eigenvalue weighted by molar-refractivity contribution is 5.86. The van der Waals surface area contributed by atoms with Crippen molar-refractivity contribution in [1.29, 1.82) is 0 Å². The standard InChI is InChI=1S/C15H18F3N5O/c16-15(17,18)5-3-12(24)10-2-1-7-23(8-10)22-14-11-4-6-19-13(11)20-9-21-14/h4,6,9-10H,1-3,5,7-8H2,(H2,19,20,21,22). The summed E-state index contributed by atoms with van der Waals surface area (Å²) in [5, 5.41) is 2.66. The highest BCUT2D eigenvalue weighted by Crippen LogP contribution is 2.26. The van der Waals surface area contributed by atoms with Gasteiger partial charge in [0.25, 0.3) is 0 Å². The molecule has 0 aliphatic carbocycles. The molecule has 130 valence electrons. The van der Waals surface area contributed by atoms with E-state index in [0.717, 1.165) is 11.8 Å². The van der Waals surface area contributed by atoms with Gasteiger partial charge in [-0.2, -0.15) is 13.2 Å². The Balaban J connectivity index is 1.61. The zero-order valence-electron chi connectivity index (χ0n) is 12.9. The van der Waals surface area contributed by atoms with Gasteiger partial charge >= 0.3 is 6.18 Å². The van der Waals surface area contributed by atoms with Gasteiger partial charge in [0, 0.05) is 31.6 Å². The number of hydrazine groups is 1. The molecule has 9 heteroatoms. The summed E-state index contributed by atoms with van der Waals surface area (Å²) in [7, 11) is 0. The van der Waals surface area contributed by atoms with E-state index in [1.807, 2.05) is 11.1 Å². The van der Waals surface area contributed by atoms with Gasteiger partial charge in [0.15, 0.2) is 5.82 Å². The largest absolute Gasteiger partial charge is 0.389 e. The van der Waals surface area contributed by atoms with Crippen molar-refractivity contribution in [3.63, 3.8) is 0 Å². The van der Waals surface area contributed by atoms with E-state index in [4.69, 9.17) is 0 Å². The molecule has 6 nitrogen and oxygen atoms in total. The molecule has 0 aromatic carbocycles. The summed E-state index contributed by atoms with van der Waals surface area (Å²) in [6, 6.07) is 1.84. The first-order chi connectivity index (χ1) is 11.4. The number of carbonyl (C=O) groups excluding carboxylic acids is 1. The first kappa shape index (κ1) is 16.7. The normalized spacial score (nSPS) is 19.5. The van der Waals surface area contributed by atoms with Crippen molar-refractivity contribution in [3.8, 4) is 0 Å². The zero-order chi connectivity index (χ0) is 17.2. The van der Waals surface area contributed by atoms with Crippen LogP contribution in [-0.2, 0) is 4.79 Å². The lowest BCUT2D eigenvalue weighted by molar-refractivity contribution is -0.145. The predicted molar refractivity (Wildman–Crippen MR) is 82.1 cm³/mol. The van der Waals surface area contributed by atoms with E-state index in [1.165, 1.54) is 6.33 Å². The molecule has 0 saturated carbocycles. The number of aromatic amines is 1. The Morgan fingerprint density at radius 1 is 1.42 bits per heavy atom. The SMILES string of the molecule is O=C(CCC(F)(F)F)C1CCCN(Nc2ncnc3[nH]ccc23)C1. The minimum absolute atomic E-state index is 0.326. The van der Waals surface area contributed by atoms with Crippen molar-refractivity contribution in [2.45, 2.75) is 31.9 Å². The fourth-order valence-electron chi connectivity index (χ4n) is 2.92. The second kappa shape index (κ2) is 6.76. The summed E-state index contributed by atoms with van der Waals surface area (Å²) in [5.74, 6) is -0.0879. The zero-order valence-corrected chi connectivity index (χ0v) is 12.9. The molecule has 1 aliphatic heterocycles. The molecule has 1 atom stereocenters. The van der Waals surface area contributed by atoms with E-state index in [1.54, 1.807) is 6.20 Å². The number of piperidine rings is 1. The van der Waals surface area contributed by atoms with Gasteiger partial charge in [-0.15, -0.1) is 0 Å². The van der Waals surface area contributed by atoms with Crippen LogP contribution in [0.15, 0.2) is 18.6 Å². The Bertz CT molecular complexity index is 714. The van der Waals surface area contributed by atoms with Crippen LogP contribution in [0, 0.1) is 5.92 Å². The van der Waals surface area contributed by atoms with Crippen molar-refractivity contribution in [2.75, 3.05) is 18.5 Å². The molecule has 1 aliphatic rings. The smallest absolute Gasteiger partial charge is 0.346 e. The average molecular weight is 341 g/mol. The maximum Gasteiger partial charge on any atom is 0.389 e. The van der Waals surface area contributed by atoms with Crippen LogP contribution in [0.5, 0.6) is 0 Å². The first-order valence-corrected chi connectivity index (χ1v) is 7.81. The lowest BCUT2D eigenvalue weighted by Gasteiger charge is -2.32. The van der Waals surface area contributed by atoms with Crippen molar-refractivity contribution in [1.82, 2.24) is 20.0 Å². The molecule has 0 spiro atoms. The van der Waals surface area contributed by atoms with E-state index in [0.29, 0.717) is 31.0 Å². The van der Waals surface area contributed by atoms with E-state index < -0.39 is 19.0 Å². The maximum atomic E-state index is 12.3. The van der Waals surface area contributed by atoms with Gasteiger partial charge < -0.3 is 10.4 Å². The summed E-state index contributed by atoms with van der Waals surface area (Å²) in [4.78, 5) is 23.3. The van der Waals surface area contributed by atoms with Crippen LogP contribution in [0.2, 0.25) is 0 Å². The molecule has 1 fully saturated rings. The lowest BCUT2D eigenvalue weighted by atomic mass is 9.92. The number of rotatable bonds is 5. The van der Waals surface area contributed by atoms with Gasteiger partial charge in [-0.05, 0) is 18.9 Å². The Kier molecular flexibility index (Phi) is 4.70. The molecule has 1 saturated heterocycles. The molecule has 24 heavy (non-hydrogen) atoms. The van der Waals surface area contributed by atoms with Crippen LogP contribution in [0.3, 0.4) is 0 Å². The monoisotopic (exact) mass is 341 g/mol. The lowest BCUT2D eigenvalue weighted by Crippen LogP contribution is -2.42. The van der Waals surface area contributed by atoms with Crippen LogP contribution in [0.25, 0.3) is 11.0 Å². The molecule has 1 unspecified atom stereocenters. The fourth-order valence-corrected chi connectivity index (χ4v) is 2.92. The van der Waals surface area contributed by atoms with Gasteiger partial charge in [0.05, 0.1) is 11.8 Å². The fraction of sp³-hybridized carbons (Fsp3) is 0.533. The second-order valence-corrected chi connectivity index (χ2v) is 5.94. The molecular weight excluding hydrogens is 323 g/mol. The van der Waals surface area contributed by atoms with Crippen molar-refractivity contribution in [2.24, 2.45) is 5.92 Å². The number of fused-ring (bicyclic) bond motifs is 1. The Morgan fingerprint density at radius 2 is 2.25 bits per heavy atom. The van der Waals surface area contributed by atoms with Gasteiger partial charge in [0.1, 0.15) is 17.8 Å². The number of hydrogen-bond donors (Lipinski definition) is 2. The molecule has 0 radical (unpaired) electrons. The number of nitrogens with zero attached hydrogens (tertiary/aromatic N) is 3. The average Bonchev–Trinajstić information content (AvgIpc) is 3.02. The summed E-state index contributed by atoms with van der Waals surface area (Å²) in [6.07, 6.45) is -1.23. The third-order valence-electron chi connectivity index (χ3n) is 4.15. The second-order valence-electron chi connectivity index (χ2n) is 5.94. The number of alkyl halides is 3. The summed E-state index contributed by atoms with van der Waals surface area (Å²) >= 11 is 0. The van der Waals surface area contributed by atoms with Gasteiger partial charge in [0.2, 0.25) is 0 Å². The first-order valence-electron chi connectivity index (χ1n) is 7.81. The number of H-pyrrole nitrogens is 1. The third kappa shape index (κ3) is 4.02. The van der Waals surface area contributed by atoms with Crippen molar-refractivity contribution < 1.29 is 18.0 Å². The summed E-state index contributed by atoms with van der Waals surface area (Å²) < 4.78 is 36.8. The molecule has 0 amide bonds. The number of Topliss-reactive ketones (excluding diaryl/α,β-unsaturated/α-hetero) is 1. The van der Waals surface area contributed by atoms with Crippen LogP contribution in [0.1, 0.15) is 25.7 Å². The number of ketones is 1. The minimum Gasteiger partial charge on any atom is -0.346 e.